The van der Waals surface area contributed by atoms with Crippen molar-refractivity contribution in [2.75, 3.05) is 66.6 Å². The minimum Gasteiger partial charge on any atom is -0.382 e. The number of ether oxygens (including phenoxy) is 2. The van der Waals surface area contributed by atoms with Crippen molar-refractivity contribution < 1.29 is 43.6 Å². The van der Waals surface area contributed by atoms with Crippen LogP contribution in [0.5, 0.6) is 0 Å². The molecule has 0 spiro atoms. The fraction of sp³-hybridized carbons (Fsp3) is 0.909. The van der Waals surface area contributed by atoms with Crippen molar-refractivity contribution in [3.8, 4) is 0 Å². The van der Waals surface area contributed by atoms with Gasteiger partial charge < -0.3 is 15.2 Å². The number of hydrogen-bond donors (Lipinski definition) is 1. The van der Waals surface area contributed by atoms with E-state index in [1.54, 1.807) is 7.11 Å². The van der Waals surface area contributed by atoms with E-state index in [9.17, 15) is 4.79 Å². The quantitative estimate of drug-likeness (QED) is 0.204. The van der Waals surface area contributed by atoms with Gasteiger partial charge in [-0.2, -0.15) is 0 Å². The van der Waals surface area contributed by atoms with Crippen LogP contribution in [0, 0.1) is 0 Å². The molecule has 0 heterocycles. The maximum absolute atomic E-state index is 10.3. The van der Waals surface area contributed by atoms with E-state index < -0.39 is 5.91 Å². The van der Waals surface area contributed by atoms with E-state index in [0.717, 1.165) is 0 Å². The van der Waals surface area contributed by atoms with Gasteiger partial charge in [0.1, 0.15) is 46.2 Å². The molecule has 2 N–H and O–H groups in total. The lowest BCUT2D eigenvalue weighted by molar-refractivity contribution is -0.360. The summed E-state index contributed by atoms with van der Waals surface area (Å²) >= 11 is 0. The van der Waals surface area contributed by atoms with Gasteiger partial charge in [0.2, 0.25) is 5.91 Å². The average Bonchev–Trinajstić information content (AvgIpc) is 2.46. The van der Waals surface area contributed by atoms with Crippen molar-refractivity contribution in [1.82, 2.24) is 0 Å². The van der Waals surface area contributed by atoms with Crippen LogP contribution in [-0.4, -0.2) is 72.5 Å². The third kappa shape index (κ3) is 19.1. The molecule has 0 aliphatic carbocycles. The summed E-state index contributed by atoms with van der Waals surface area (Å²) in [5.41, 5.74) is 4.86. The van der Waals surface area contributed by atoms with Crippen molar-refractivity contribution in [1.29, 1.82) is 0 Å². The normalized spacial score (nSPS) is 10.9. The first kappa shape index (κ1) is 20.1. The van der Waals surface area contributed by atoms with Gasteiger partial charge >= 0.3 is 0 Å². The lowest BCUT2D eigenvalue weighted by atomic mass is 10.7. The number of primary amides is 1. The fourth-order valence-corrected chi connectivity index (χ4v) is 0.873. The minimum atomic E-state index is -0.533. The zero-order valence-corrected chi connectivity index (χ0v) is 12.1. The predicted molar refractivity (Wildman–Crippen MR) is 67.6 cm³/mol. The molecular formula is C11H23NO9. The summed E-state index contributed by atoms with van der Waals surface area (Å²) in [5.74, 6) is -0.533. The molecule has 0 aromatic heterocycles. The molecular weight excluding hydrogens is 290 g/mol. The average molecular weight is 313 g/mol. The highest BCUT2D eigenvalue weighted by Crippen LogP contribution is 1.86. The highest BCUT2D eigenvalue weighted by molar-refractivity contribution is 5.74. The highest BCUT2D eigenvalue weighted by Gasteiger charge is 1.96. The first-order chi connectivity index (χ1) is 10.3. The van der Waals surface area contributed by atoms with Crippen LogP contribution in [0.1, 0.15) is 0 Å². The Morgan fingerprint density at radius 3 is 1.48 bits per heavy atom. The van der Waals surface area contributed by atoms with Crippen LogP contribution in [-0.2, 0) is 43.6 Å². The number of carbonyl (C=O) groups is 1. The maximum Gasteiger partial charge on any atom is 0.243 e. The minimum absolute atomic E-state index is 0.141. The Morgan fingerprint density at radius 2 is 1.10 bits per heavy atom. The smallest absolute Gasteiger partial charge is 0.243 e. The van der Waals surface area contributed by atoms with E-state index in [2.05, 4.69) is 0 Å². The second-order valence-corrected chi connectivity index (χ2v) is 3.44. The van der Waals surface area contributed by atoms with E-state index >= 15 is 0 Å². The van der Waals surface area contributed by atoms with Crippen LogP contribution < -0.4 is 5.73 Å². The van der Waals surface area contributed by atoms with Crippen molar-refractivity contribution in [2.45, 2.75) is 0 Å². The van der Waals surface area contributed by atoms with Gasteiger partial charge in [-0.1, -0.05) is 0 Å². The second kappa shape index (κ2) is 17.2. The third-order valence-corrected chi connectivity index (χ3v) is 1.68. The lowest BCUT2D eigenvalue weighted by Gasteiger charge is -2.06. The zero-order chi connectivity index (χ0) is 15.6. The second-order valence-electron chi connectivity index (χ2n) is 3.44. The Labute approximate surface area is 123 Å². The molecule has 0 aromatic rings. The molecule has 0 atom stereocenters. The summed E-state index contributed by atoms with van der Waals surface area (Å²) in [6.45, 7) is 1.88. The molecule has 21 heavy (non-hydrogen) atoms. The summed E-state index contributed by atoms with van der Waals surface area (Å²) in [6.07, 6.45) is 0. The molecule has 126 valence electrons. The molecule has 0 saturated heterocycles. The molecule has 10 nitrogen and oxygen atoms in total. The largest absolute Gasteiger partial charge is 0.382 e. The van der Waals surface area contributed by atoms with Gasteiger partial charge in [-0.25, -0.2) is 29.3 Å². The topological polar surface area (TPSA) is 117 Å². The molecule has 0 saturated carbocycles. The highest BCUT2D eigenvalue weighted by atomic mass is 17.2. The van der Waals surface area contributed by atoms with Crippen molar-refractivity contribution in [2.24, 2.45) is 5.73 Å². The van der Waals surface area contributed by atoms with Crippen LogP contribution >= 0.6 is 0 Å². The van der Waals surface area contributed by atoms with E-state index in [1.165, 1.54) is 0 Å². The first-order valence-electron chi connectivity index (χ1n) is 6.35. The van der Waals surface area contributed by atoms with Crippen LogP contribution in [0.4, 0.5) is 0 Å². The first-order valence-corrected chi connectivity index (χ1v) is 6.35. The van der Waals surface area contributed by atoms with Crippen LogP contribution in [0.2, 0.25) is 0 Å². The summed E-state index contributed by atoms with van der Waals surface area (Å²) in [6, 6.07) is 0. The number of methoxy groups -OCH3 is 1. The molecule has 0 aliphatic heterocycles. The Kier molecular flexibility index (Phi) is 16.5. The van der Waals surface area contributed by atoms with Crippen molar-refractivity contribution >= 4 is 5.91 Å². The molecule has 0 radical (unpaired) electrons. The number of rotatable bonds is 17. The summed E-state index contributed by atoms with van der Waals surface area (Å²) in [4.78, 5) is 38.8. The Balaban J connectivity index is 2.95. The molecule has 1 amide bonds. The van der Waals surface area contributed by atoms with Gasteiger partial charge in [-0.3, -0.25) is 4.79 Å². The standard InChI is InChI=1S/C11H23NO9/c1-14-2-4-16-18-6-8-20-21-9-7-19-17-5-3-15-10-11(12)13/h2-10H2,1H3,(H2,12,13). The molecule has 10 heteroatoms. The van der Waals surface area contributed by atoms with Gasteiger partial charge in [0, 0.05) is 7.11 Å². The van der Waals surface area contributed by atoms with Gasteiger partial charge in [0.05, 0.1) is 13.2 Å². The molecule has 0 fully saturated rings. The molecule has 0 aromatic carbocycles. The zero-order valence-electron chi connectivity index (χ0n) is 12.1. The van der Waals surface area contributed by atoms with Gasteiger partial charge in [0.15, 0.2) is 0 Å². The monoisotopic (exact) mass is 313 g/mol. The molecule has 0 unspecified atom stereocenters. The van der Waals surface area contributed by atoms with Crippen LogP contribution in [0.15, 0.2) is 0 Å². The molecule has 0 aliphatic rings. The van der Waals surface area contributed by atoms with E-state index in [0.29, 0.717) is 13.2 Å². The Morgan fingerprint density at radius 1 is 0.714 bits per heavy atom. The fourth-order valence-electron chi connectivity index (χ4n) is 0.873. The van der Waals surface area contributed by atoms with Crippen LogP contribution in [0.3, 0.4) is 0 Å². The third-order valence-electron chi connectivity index (χ3n) is 1.68. The van der Waals surface area contributed by atoms with Gasteiger partial charge in [0.25, 0.3) is 0 Å². The number of nitrogens with two attached hydrogens (primary N) is 1. The summed E-state index contributed by atoms with van der Waals surface area (Å²) in [7, 11) is 1.57. The van der Waals surface area contributed by atoms with E-state index in [1.807, 2.05) is 0 Å². The number of hydrogen-bond acceptors (Lipinski definition) is 9. The summed E-state index contributed by atoms with van der Waals surface area (Å²) in [5, 5.41) is 0. The van der Waals surface area contributed by atoms with E-state index in [-0.39, 0.29) is 46.2 Å². The van der Waals surface area contributed by atoms with Gasteiger partial charge in [-0.15, -0.1) is 0 Å². The number of carbonyl (C=O) groups excluding carboxylic acids is 1. The molecule has 0 bridgehead atoms. The van der Waals surface area contributed by atoms with Crippen LogP contribution in [0.25, 0.3) is 0 Å². The Bertz CT molecular complexity index is 230. The lowest BCUT2D eigenvalue weighted by Crippen LogP contribution is -2.19. The van der Waals surface area contributed by atoms with Crippen molar-refractivity contribution in [3.63, 3.8) is 0 Å². The van der Waals surface area contributed by atoms with Crippen molar-refractivity contribution in [3.05, 3.63) is 0 Å². The number of amides is 1. The Hall–Kier alpha value is -0.850. The van der Waals surface area contributed by atoms with E-state index in [4.69, 9.17) is 44.5 Å². The maximum atomic E-state index is 10.3. The predicted octanol–water partition coefficient (Wildman–Crippen LogP) is -1.02. The summed E-state index contributed by atoms with van der Waals surface area (Å²) < 4.78 is 9.58. The SMILES string of the molecule is COCCOOCCOOCCOOCCOCC(N)=O. The molecule has 0 rings (SSSR count). The van der Waals surface area contributed by atoms with Gasteiger partial charge in [-0.05, 0) is 0 Å².